The van der Waals surface area contributed by atoms with Crippen LogP contribution in [0.5, 0.6) is 0 Å². The zero-order valence-corrected chi connectivity index (χ0v) is 10.5. The summed E-state index contributed by atoms with van der Waals surface area (Å²) in [5.41, 5.74) is 6.20. The average Bonchev–Trinajstić information content (AvgIpc) is 2.28. The molecule has 1 unspecified atom stereocenters. The Bertz CT molecular complexity index is 447. The Morgan fingerprint density at radius 3 is 2.53 bits per heavy atom. The molecule has 4 N–H and O–H groups in total. The molecule has 5 nitrogen and oxygen atoms in total. The summed E-state index contributed by atoms with van der Waals surface area (Å²) in [5.74, 6) is -1.47. The molecule has 0 radical (unpaired) electrons. The number of anilines is 1. The highest BCUT2D eigenvalue weighted by Gasteiger charge is 2.19. The number of halogens is 1. The highest BCUT2D eigenvalue weighted by atomic mass is 79.9. The molecule has 0 saturated heterocycles. The molecule has 0 bridgehead atoms. The van der Waals surface area contributed by atoms with Gasteiger partial charge in [-0.15, -0.1) is 0 Å². The van der Waals surface area contributed by atoms with Gasteiger partial charge in [-0.2, -0.15) is 0 Å². The summed E-state index contributed by atoms with van der Waals surface area (Å²) in [6.45, 7) is 0. The zero-order valence-electron chi connectivity index (χ0n) is 8.89. The number of carbonyl (C=O) groups is 2. The fourth-order valence-electron chi connectivity index (χ4n) is 1.36. The second-order valence-electron chi connectivity index (χ2n) is 3.45. The number of aliphatic hydroxyl groups excluding tert-OH is 1. The second-order valence-corrected chi connectivity index (χ2v) is 4.24. The van der Waals surface area contributed by atoms with Crippen LogP contribution in [0.4, 0.5) is 5.69 Å². The molecule has 6 heteroatoms. The number of carboxylic acids is 1. The van der Waals surface area contributed by atoms with Gasteiger partial charge in [0, 0.05) is 28.6 Å². The van der Waals surface area contributed by atoms with Crippen LogP contribution in [0.1, 0.15) is 28.4 Å². The second kappa shape index (κ2) is 5.79. The molecule has 0 fully saturated rings. The first-order valence-corrected chi connectivity index (χ1v) is 5.99. The molecule has 1 aromatic rings. The van der Waals surface area contributed by atoms with Crippen molar-refractivity contribution in [2.75, 3.05) is 11.1 Å². The summed E-state index contributed by atoms with van der Waals surface area (Å²) in [6.07, 6.45) is -1.34. The number of ketones is 1. The minimum Gasteiger partial charge on any atom is -0.479 e. The Morgan fingerprint density at radius 1 is 1.41 bits per heavy atom. The summed E-state index contributed by atoms with van der Waals surface area (Å²) < 4.78 is 0. The number of hydrogen-bond acceptors (Lipinski definition) is 4. The lowest BCUT2D eigenvalue weighted by atomic mass is 10.0. The Hall–Kier alpha value is -1.40. The van der Waals surface area contributed by atoms with Crippen LogP contribution in [0, 0.1) is 0 Å². The molecule has 0 aromatic heterocycles. The Labute approximate surface area is 106 Å². The van der Waals surface area contributed by atoms with Crippen molar-refractivity contribution in [2.24, 2.45) is 0 Å². The number of aliphatic carboxylic acids is 1. The maximum Gasteiger partial charge on any atom is 0.337 e. The lowest BCUT2D eigenvalue weighted by Crippen LogP contribution is -2.13. The fourth-order valence-corrected chi connectivity index (χ4v) is 1.72. The smallest absolute Gasteiger partial charge is 0.337 e. The first kappa shape index (κ1) is 13.7. The molecule has 0 aliphatic heterocycles. The summed E-state index contributed by atoms with van der Waals surface area (Å²) in [7, 11) is 0. The number of carboxylic acid groups (broad SMARTS) is 1. The Kier molecular flexibility index (Phi) is 4.65. The monoisotopic (exact) mass is 301 g/mol. The van der Waals surface area contributed by atoms with Crippen LogP contribution in [0.2, 0.25) is 0 Å². The van der Waals surface area contributed by atoms with E-state index in [4.69, 9.17) is 10.8 Å². The van der Waals surface area contributed by atoms with Crippen LogP contribution in [-0.2, 0) is 4.79 Å². The van der Waals surface area contributed by atoms with Gasteiger partial charge in [0.1, 0.15) is 0 Å². The topological polar surface area (TPSA) is 101 Å². The predicted molar refractivity (Wildman–Crippen MR) is 66.2 cm³/mol. The third-order valence-corrected chi connectivity index (χ3v) is 2.66. The third-order valence-electron chi connectivity index (χ3n) is 2.26. The molecular formula is C11H12BrNO4. The van der Waals surface area contributed by atoms with Crippen LogP contribution < -0.4 is 5.73 Å². The molecule has 0 spiro atoms. The molecule has 0 amide bonds. The van der Waals surface area contributed by atoms with E-state index in [1.807, 2.05) is 0 Å². The van der Waals surface area contributed by atoms with E-state index < -0.39 is 12.1 Å². The minimum atomic E-state index is -1.67. The van der Waals surface area contributed by atoms with Crippen LogP contribution >= 0.6 is 15.9 Å². The van der Waals surface area contributed by atoms with Gasteiger partial charge in [-0.25, -0.2) is 4.79 Å². The van der Waals surface area contributed by atoms with Crippen molar-refractivity contribution in [1.82, 2.24) is 0 Å². The Balaban J connectivity index is 3.01. The largest absolute Gasteiger partial charge is 0.479 e. The van der Waals surface area contributed by atoms with Crippen LogP contribution in [-0.4, -0.2) is 27.3 Å². The number of Topliss-reactive ketones (excluding diaryl/α,β-unsaturated/α-hetero) is 1. The van der Waals surface area contributed by atoms with E-state index in [1.54, 1.807) is 0 Å². The standard InChI is InChI=1S/C11H12BrNO4/c12-4-3-9(14)6-1-2-7(8(13)5-6)10(15)11(16)17/h1-2,5,10,15H,3-4,13H2,(H,16,17). The van der Waals surface area contributed by atoms with E-state index in [1.165, 1.54) is 18.2 Å². The van der Waals surface area contributed by atoms with Gasteiger partial charge in [-0.1, -0.05) is 28.1 Å². The highest BCUT2D eigenvalue weighted by molar-refractivity contribution is 9.09. The normalized spacial score (nSPS) is 12.1. The first-order valence-electron chi connectivity index (χ1n) is 4.86. The van der Waals surface area contributed by atoms with Crippen LogP contribution in [0.25, 0.3) is 0 Å². The van der Waals surface area contributed by atoms with Crippen molar-refractivity contribution in [3.63, 3.8) is 0 Å². The zero-order chi connectivity index (χ0) is 13.0. The SMILES string of the molecule is Nc1cc(C(=O)CCBr)ccc1C(O)C(=O)O. The molecule has 17 heavy (non-hydrogen) atoms. The van der Waals surface area contributed by atoms with Gasteiger partial charge in [0.15, 0.2) is 11.9 Å². The maximum absolute atomic E-state index is 11.5. The van der Waals surface area contributed by atoms with E-state index in [2.05, 4.69) is 15.9 Å². The van der Waals surface area contributed by atoms with E-state index in [-0.39, 0.29) is 17.0 Å². The number of carbonyl (C=O) groups excluding carboxylic acids is 1. The van der Waals surface area contributed by atoms with E-state index in [9.17, 15) is 14.7 Å². The average molecular weight is 302 g/mol. The van der Waals surface area contributed by atoms with Gasteiger partial charge in [-0.3, -0.25) is 4.79 Å². The van der Waals surface area contributed by atoms with Gasteiger partial charge in [0.2, 0.25) is 0 Å². The van der Waals surface area contributed by atoms with Crippen molar-refractivity contribution in [3.05, 3.63) is 29.3 Å². The lowest BCUT2D eigenvalue weighted by Gasteiger charge is -2.10. The minimum absolute atomic E-state index is 0.0906. The number of nitrogens with two attached hydrogens (primary N) is 1. The van der Waals surface area contributed by atoms with E-state index >= 15 is 0 Å². The highest BCUT2D eigenvalue weighted by Crippen LogP contribution is 2.22. The molecule has 92 valence electrons. The number of hydrogen-bond donors (Lipinski definition) is 3. The fraction of sp³-hybridized carbons (Fsp3) is 0.273. The molecule has 1 rings (SSSR count). The number of aliphatic hydroxyl groups is 1. The van der Waals surface area contributed by atoms with Gasteiger partial charge in [-0.05, 0) is 6.07 Å². The van der Waals surface area contributed by atoms with Gasteiger partial charge < -0.3 is 15.9 Å². The molecule has 0 aliphatic carbocycles. The molecule has 0 aliphatic rings. The van der Waals surface area contributed by atoms with Crippen molar-refractivity contribution < 1.29 is 19.8 Å². The first-order chi connectivity index (χ1) is 7.97. The predicted octanol–water partition coefficient (Wildman–Crippen LogP) is 1.35. The summed E-state index contributed by atoms with van der Waals surface area (Å²) >= 11 is 3.15. The lowest BCUT2D eigenvalue weighted by molar-refractivity contribution is -0.146. The van der Waals surface area contributed by atoms with E-state index in [0.29, 0.717) is 17.3 Å². The molecule has 0 heterocycles. The van der Waals surface area contributed by atoms with E-state index in [0.717, 1.165) is 0 Å². The van der Waals surface area contributed by atoms with Gasteiger partial charge in [0.25, 0.3) is 0 Å². The van der Waals surface area contributed by atoms with Crippen molar-refractivity contribution in [2.45, 2.75) is 12.5 Å². The molecule has 1 atom stereocenters. The van der Waals surface area contributed by atoms with Gasteiger partial charge >= 0.3 is 5.97 Å². The third kappa shape index (κ3) is 3.28. The summed E-state index contributed by atoms with van der Waals surface area (Å²) in [5, 5.41) is 18.5. The van der Waals surface area contributed by atoms with Crippen molar-refractivity contribution in [3.8, 4) is 0 Å². The number of nitrogen functional groups attached to an aromatic ring is 1. The molecule has 1 aromatic carbocycles. The molecular weight excluding hydrogens is 290 g/mol. The maximum atomic E-state index is 11.5. The number of benzene rings is 1. The number of alkyl halides is 1. The van der Waals surface area contributed by atoms with Crippen molar-refractivity contribution in [1.29, 1.82) is 0 Å². The van der Waals surface area contributed by atoms with Crippen LogP contribution in [0.3, 0.4) is 0 Å². The summed E-state index contributed by atoms with van der Waals surface area (Å²) in [6, 6.07) is 4.20. The quantitative estimate of drug-likeness (QED) is 0.433. The van der Waals surface area contributed by atoms with Gasteiger partial charge in [0.05, 0.1) is 0 Å². The number of rotatable bonds is 5. The summed E-state index contributed by atoms with van der Waals surface area (Å²) in [4.78, 5) is 22.1. The molecule has 0 saturated carbocycles. The van der Waals surface area contributed by atoms with Crippen LogP contribution in [0.15, 0.2) is 18.2 Å². The Morgan fingerprint density at radius 2 is 2.06 bits per heavy atom. The van der Waals surface area contributed by atoms with Crippen molar-refractivity contribution >= 4 is 33.4 Å².